The van der Waals surface area contributed by atoms with Crippen LogP contribution in [0.15, 0.2) is 24.3 Å². The van der Waals surface area contributed by atoms with Gasteiger partial charge in [0.1, 0.15) is 0 Å². The molecule has 0 fully saturated rings. The Morgan fingerprint density at radius 2 is 1.88 bits per heavy atom. The van der Waals surface area contributed by atoms with E-state index in [-0.39, 0.29) is 5.91 Å². The molecule has 0 aromatic heterocycles. The van der Waals surface area contributed by atoms with Crippen molar-refractivity contribution < 1.29 is 4.79 Å². The molecule has 0 N–H and O–H groups in total. The van der Waals surface area contributed by atoms with Crippen molar-refractivity contribution in [1.29, 1.82) is 0 Å². The van der Waals surface area contributed by atoms with Crippen molar-refractivity contribution >= 4 is 17.5 Å². The van der Waals surface area contributed by atoms with Gasteiger partial charge in [0.2, 0.25) is 0 Å². The van der Waals surface area contributed by atoms with Crippen LogP contribution in [-0.4, -0.2) is 24.4 Å². The lowest BCUT2D eigenvalue weighted by molar-refractivity contribution is 0.0792. The fraction of sp³-hybridized carbons (Fsp3) is 0.500. The number of hydrogen-bond acceptors (Lipinski definition) is 1. The fourth-order valence-corrected chi connectivity index (χ4v) is 1.84. The molecular formula is C14H20ClNO. The largest absolute Gasteiger partial charge is 0.342 e. The standard InChI is InChI=1S/C14H20ClNO/c1-3-4-5-10-16(2)14(17)13-8-6-12(11-15)7-9-13/h6-9H,3-5,10-11H2,1-2H3. The number of amides is 1. The van der Waals surface area contributed by atoms with Gasteiger partial charge in [0, 0.05) is 25.0 Å². The minimum absolute atomic E-state index is 0.0854. The Bertz CT molecular complexity index is 348. The van der Waals surface area contributed by atoms with Gasteiger partial charge in [-0.15, -0.1) is 11.6 Å². The van der Waals surface area contributed by atoms with E-state index in [9.17, 15) is 4.79 Å². The van der Waals surface area contributed by atoms with Crippen molar-refractivity contribution in [2.45, 2.75) is 32.1 Å². The minimum Gasteiger partial charge on any atom is -0.342 e. The summed E-state index contributed by atoms with van der Waals surface area (Å²) in [5.74, 6) is 0.572. The van der Waals surface area contributed by atoms with Crippen molar-refractivity contribution in [3.05, 3.63) is 35.4 Å². The number of carbonyl (C=O) groups excluding carboxylic acids is 1. The summed E-state index contributed by atoms with van der Waals surface area (Å²) in [4.78, 5) is 13.8. The van der Waals surface area contributed by atoms with Crippen LogP contribution in [0.1, 0.15) is 42.1 Å². The maximum Gasteiger partial charge on any atom is 0.253 e. The third-order valence-electron chi connectivity index (χ3n) is 2.80. The average Bonchev–Trinajstić information content (AvgIpc) is 2.38. The molecule has 0 unspecified atom stereocenters. The third-order valence-corrected chi connectivity index (χ3v) is 3.11. The van der Waals surface area contributed by atoms with Gasteiger partial charge in [0.25, 0.3) is 5.91 Å². The smallest absolute Gasteiger partial charge is 0.253 e. The Balaban J connectivity index is 2.55. The number of halogens is 1. The van der Waals surface area contributed by atoms with Gasteiger partial charge >= 0.3 is 0 Å². The highest BCUT2D eigenvalue weighted by Crippen LogP contribution is 2.09. The molecular weight excluding hydrogens is 234 g/mol. The molecule has 0 saturated carbocycles. The van der Waals surface area contributed by atoms with Crippen molar-refractivity contribution in [3.8, 4) is 0 Å². The van der Waals surface area contributed by atoms with Crippen LogP contribution in [0.3, 0.4) is 0 Å². The molecule has 3 heteroatoms. The minimum atomic E-state index is 0.0854. The molecule has 0 spiro atoms. The van der Waals surface area contributed by atoms with E-state index in [1.54, 1.807) is 4.90 Å². The summed E-state index contributed by atoms with van der Waals surface area (Å²) in [7, 11) is 1.85. The predicted octanol–water partition coefficient (Wildman–Crippen LogP) is 3.69. The highest BCUT2D eigenvalue weighted by Gasteiger charge is 2.10. The number of benzene rings is 1. The van der Waals surface area contributed by atoms with E-state index < -0.39 is 0 Å². The van der Waals surface area contributed by atoms with Crippen molar-refractivity contribution in [2.24, 2.45) is 0 Å². The number of carbonyl (C=O) groups is 1. The summed E-state index contributed by atoms with van der Waals surface area (Å²) in [5, 5.41) is 0. The summed E-state index contributed by atoms with van der Waals surface area (Å²) in [6, 6.07) is 7.49. The van der Waals surface area contributed by atoms with E-state index in [0.717, 1.165) is 24.1 Å². The van der Waals surface area contributed by atoms with Crippen LogP contribution in [-0.2, 0) is 5.88 Å². The molecule has 0 aliphatic carbocycles. The second kappa shape index (κ2) is 7.33. The van der Waals surface area contributed by atoms with E-state index in [0.29, 0.717) is 5.88 Å². The van der Waals surface area contributed by atoms with E-state index in [1.165, 1.54) is 12.8 Å². The summed E-state index contributed by atoms with van der Waals surface area (Å²) >= 11 is 5.71. The van der Waals surface area contributed by atoms with Crippen molar-refractivity contribution in [1.82, 2.24) is 4.90 Å². The Kier molecular flexibility index (Phi) is 6.06. The third kappa shape index (κ3) is 4.39. The van der Waals surface area contributed by atoms with E-state index >= 15 is 0 Å². The summed E-state index contributed by atoms with van der Waals surface area (Å²) < 4.78 is 0. The molecule has 17 heavy (non-hydrogen) atoms. The maximum absolute atomic E-state index is 12.0. The van der Waals surface area contributed by atoms with Crippen molar-refractivity contribution in [3.63, 3.8) is 0 Å². The quantitative estimate of drug-likeness (QED) is 0.559. The molecule has 0 heterocycles. The highest BCUT2D eigenvalue weighted by molar-refractivity contribution is 6.17. The fourth-order valence-electron chi connectivity index (χ4n) is 1.66. The first-order chi connectivity index (χ1) is 8.19. The number of hydrogen-bond donors (Lipinski definition) is 0. The second-order valence-corrected chi connectivity index (χ2v) is 4.53. The molecule has 0 atom stereocenters. The zero-order valence-corrected chi connectivity index (χ0v) is 11.3. The second-order valence-electron chi connectivity index (χ2n) is 4.26. The Hall–Kier alpha value is -1.02. The lowest BCUT2D eigenvalue weighted by Crippen LogP contribution is -2.27. The Labute approximate surface area is 109 Å². The Morgan fingerprint density at radius 1 is 1.24 bits per heavy atom. The van der Waals surface area contributed by atoms with Gasteiger partial charge in [-0.05, 0) is 24.1 Å². The van der Waals surface area contributed by atoms with Gasteiger partial charge in [-0.2, -0.15) is 0 Å². The first kappa shape index (κ1) is 14.0. The topological polar surface area (TPSA) is 20.3 Å². The molecule has 1 aromatic rings. The van der Waals surface area contributed by atoms with Crippen LogP contribution >= 0.6 is 11.6 Å². The van der Waals surface area contributed by atoms with E-state index in [2.05, 4.69) is 6.92 Å². The zero-order chi connectivity index (χ0) is 12.7. The first-order valence-electron chi connectivity index (χ1n) is 6.09. The Morgan fingerprint density at radius 3 is 2.41 bits per heavy atom. The van der Waals surface area contributed by atoms with E-state index in [4.69, 9.17) is 11.6 Å². The summed E-state index contributed by atoms with van der Waals surface area (Å²) in [5.41, 5.74) is 1.77. The normalized spacial score (nSPS) is 10.3. The van der Waals surface area contributed by atoms with Gasteiger partial charge in [0.05, 0.1) is 0 Å². The van der Waals surface area contributed by atoms with Gasteiger partial charge in [0.15, 0.2) is 0 Å². The summed E-state index contributed by atoms with van der Waals surface area (Å²) in [6.07, 6.45) is 3.41. The number of rotatable bonds is 6. The van der Waals surface area contributed by atoms with Crippen LogP contribution in [0.4, 0.5) is 0 Å². The summed E-state index contributed by atoms with van der Waals surface area (Å²) in [6.45, 7) is 2.98. The maximum atomic E-state index is 12.0. The first-order valence-corrected chi connectivity index (χ1v) is 6.62. The number of nitrogens with zero attached hydrogens (tertiary/aromatic N) is 1. The van der Waals surface area contributed by atoms with Gasteiger partial charge in [-0.1, -0.05) is 31.9 Å². The lowest BCUT2D eigenvalue weighted by Gasteiger charge is -2.17. The van der Waals surface area contributed by atoms with Crippen LogP contribution in [0.25, 0.3) is 0 Å². The van der Waals surface area contributed by atoms with Gasteiger partial charge < -0.3 is 4.90 Å². The van der Waals surface area contributed by atoms with Crippen molar-refractivity contribution in [2.75, 3.05) is 13.6 Å². The monoisotopic (exact) mass is 253 g/mol. The molecule has 0 radical (unpaired) electrons. The van der Waals surface area contributed by atoms with Crippen LogP contribution in [0.5, 0.6) is 0 Å². The van der Waals surface area contributed by atoms with E-state index in [1.807, 2.05) is 31.3 Å². The number of unbranched alkanes of at least 4 members (excludes halogenated alkanes) is 2. The number of alkyl halides is 1. The van der Waals surface area contributed by atoms with Gasteiger partial charge in [-0.3, -0.25) is 4.79 Å². The molecule has 0 aliphatic heterocycles. The molecule has 1 rings (SSSR count). The molecule has 94 valence electrons. The molecule has 0 aliphatic rings. The predicted molar refractivity (Wildman–Crippen MR) is 72.5 cm³/mol. The van der Waals surface area contributed by atoms with Crippen LogP contribution in [0, 0.1) is 0 Å². The molecule has 2 nitrogen and oxygen atoms in total. The zero-order valence-electron chi connectivity index (χ0n) is 10.6. The molecule has 0 bridgehead atoms. The SMILES string of the molecule is CCCCCN(C)C(=O)c1ccc(CCl)cc1. The molecule has 0 saturated heterocycles. The van der Waals surface area contributed by atoms with Gasteiger partial charge in [-0.25, -0.2) is 0 Å². The average molecular weight is 254 g/mol. The lowest BCUT2D eigenvalue weighted by atomic mass is 10.1. The van der Waals surface area contributed by atoms with Crippen LogP contribution < -0.4 is 0 Å². The molecule has 1 amide bonds. The van der Waals surface area contributed by atoms with Crippen LogP contribution in [0.2, 0.25) is 0 Å². The highest BCUT2D eigenvalue weighted by atomic mass is 35.5. The molecule has 1 aromatic carbocycles.